The number of nitrogens with zero attached hydrogens (tertiary/aromatic N) is 1. The largest absolute Gasteiger partial charge is 0.391 e. The van der Waals surface area contributed by atoms with Gasteiger partial charge in [-0.25, -0.2) is 0 Å². The molecule has 0 unspecified atom stereocenters. The molecular formula is C24H46N8O6. The molecule has 0 bridgehead atoms. The first-order valence-electron chi connectivity index (χ1n) is 12.8. The number of carbonyl (C=O) groups is 5. The Morgan fingerprint density at radius 1 is 0.974 bits per heavy atom. The second-order valence-electron chi connectivity index (χ2n) is 9.81. The molecule has 0 heterocycles. The maximum atomic E-state index is 12.9. The Kier molecular flexibility index (Phi) is 16.5. The number of guanidine groups is 1. The first-order chi connectivity index (χ1) is 17.7. The number of aliphatic hydroxyl groups excluding tert-OH is 1. The predicted molar refractivity (Wildman–Crippen MR) is 143 cm³/mol. The highest BCUT2D eigenvalue weighted by molar-refractivity contribution is 5.93. The van der Waals surface area contributed by atoms with Gasteiger partial charge in [0.05, 0.1) is 18.7 Å². The van der Waals surface area contributed by atoms with Gasteiger partial charge in [-0.15, -0.1) is 0 Å². The molecule has 38 heavy (non-hydrogen) atoms. The first kappa shape index (κ1) is 34.7. The number of carbonyl (C=O) groups excluding carboxylic acids is 5. The van der Waals surface area contributed by atoms with Crippen LogP contribution in [0.5, 0.6) is 0 Å². The summed E-state index contributed by atoms with van der Waals surface area (Å²) in [7, 11) is 0. The highest BCUT2D eigenvalue weighted by atomic mass is 16.3. The van der Waals surface area contributed by atoms with Crippen molar-refractivity contribution >= 4 is 35.9 Å². The van der Waals surface area contributed by atoms with Gasteiger partial charge in [0.1, 0.15) is 24.4 Å². The third-order valence-electron chi connectivity index (χ3n) is 5.85. The average molecular weight is 543 g/mol. The lowest BCUT2D eigenvalue weighted by molar-refractivity contribution is -0.133. The number of hydrogen-bond acceptors (Lipinski definition) is 8. The zero-order valence-electron chi connectivity index (χ0n) is 23.0. The van der Waals surface area contributed by atoms with Crippen molar-refractivity contribution in [2.45, 2.75) is 90.6 Å². The van der Waals surface area contributed by atoms with E-state index in [0.717, 1.165) is 0 Å². The minimum atomic E-state index is -1.17. The van der Waals surface area contributed by atoms with Crippen molar-refractivity contribution in [2.24, 2.45) is 34.0 Å². The van der Waals surface area contributed by atoms with Gasteiger partial charge in [-0.3, -0.25) is 24.2 Å². The van der Waals surface area contributed by atoms with Crippen molar-refractivity contribution in [3.05, 3.63) is 0 Å². The van der Waals surface area contributed by atoms with Crippen LogP contribution in [0.1, 0.15) is 60.3 Å². The van der Waals surface area contributed by atoms with Gasteiger partial charge in [0, 0.05) is 6.54 Å². The SMILES string of the molecule is CC[C@H](C)[C@H](NC(=O)[C@@H](N)CC(C)C)C(=O)NCC(=O)N[C@@H](CCCN=C(N)N)C(=O)N[C@H](C=O)[C@@H](C)O. The summed E-state index contributed by atoms with van der Waals surface area (Å²) in [6.07, 6.45) is 0.723. The van der Waals surface area contributed by atoms with E-state index in [4.69, 9.17) is 17.2 Å². The first-order valence-corrected chi connectivity index (χ1v) is 12.8. The summed E-state index contributed by atoms with van der Waals surface area (Å²) in [6, 6.07) is -3.93. The summed E-state index contributed by atoms with van der Waals surface area (Å²) in [5.74, 6) is -2.55. The summed E-state index contributed by atoms with van der Waals surface area (Å²) in [4.78, 5) is 65.6. The fourth-order valence-corrected chi connectivity index (χ4v) is 3.41. The van der Waals surface area contributed by atoms with E-state index in [-0.39, 0.29) is 30.8 Å². The molecule has 14 nitrogen and oxygen atoms in total. The molecule has 218 valence electrons. The second kappa shape index (κ2) is 18.1. The number of aliphatic imine (C=N–C) groups is 1. The van der Waals surface area contributed by atoms with Gasteiger partial charge in [-0.1, -0.05) is 34.1 Å². The third-order valence-corrected chi connectivity index (χ3v) is 5.85. The molecular weight excluding hydrogens is 496 g/mol. The van der Waals surface area contributed by atoms with E-state index in [1.165, 1.54) is 6.92 Å². The summed E-state index contributed by atoms with van der Waals surface area (Å²) in [5, 5.41) is 19.7. The van der Waals surface area contributed by atoms with E-state index in [9.17, 15) is 29.1 Å². The van der Waals surface area contributed by atoms with Gasteiger partial charge >= 0.3 is 0 Å². The highest BCUT2D eigenvalue weighted by Gasteiger charge is 2.29. The van der Waals surface area contributed by atoms with Crippen molar-refractivity contribution in [1.29, 1.82) is 0 Å². The molecule has 0 rings (SSSR count). The number of aliphatic hydroxyl groups is 1. The Bertz CT molecular complexity index is 816. The summed E-state index contributed by atoms with van der Waals surface area (Å²) < 4.78 is 0. The van der Waals surface area contributed by atoms with Crippen LogP contribution in [0, 0.1) is 11.8 Å². The smallest absolute Gasteiger partial charge is 0.243 e. The van der Waals surface area contributed by atoms with Gasteiger partial charge < -0.3 is 48.4 Å². The molecule has 0 spiro atoms. The van der Waals surface area contributed by atoms with Crippen LogP contribution in [0.4, 0.5) is 0 Å². The summed E-state index contributed by atoms with van der Waals surface area (Å²) >= 11 is 0. The maximum absolute atomic E-state index is 12.9. The molecule has 0 aromatic heterocycles. The fraction of sp³-hybridized carbons (Fsp3) is 0.750. The van der Waals surface area contributed by atoms with Crippen molar-refractivity contribution in [1.82, 2.24) is 21.3 Å². The van der Waals surface area contributed by atoms with Crippen molar-refractivity contribution in [2.75, 3.05) is 13.1 Å². The molecule has 0 aliphatic carbocycles. The van der Waals surface area contributed by atoms with Crippen LogP contribution in [0.25, 0.3) is 0 Å². The van der Waals surface area contributed by atoms with Gasteiger partial charge in [0.2, 0.25) is 23.6 Å². The molecule has 0 aliphatic heterocycles. The fourth-order valence-electron chi connectivity index (χ4n) is 3.41. The predicted octanol–water partition coefficient (Wildman–Crippen LogP) is -2.39. The molecule has 0 fully saturated rings. The maximum Gasteiger partial charge on any atom is 0.243 e. The van der Waals surface area contributed by atoms with Gasteiger partial charge in [-0.2, -0.15) is 0 Å². The minimum absolute atomic E-state index is 0.118. The van der Waals surface area contributed by atoms with E-state index in [0.29, 0.717) is 25.5 Å². The average Bonchev–Trinajstić information content (AvgIpc) is 2.84. The van der Waals surface area contributed by atoms with Crippen LogP contribution in [0.3, 0.4) is 0 Å². The molecule has 11 N–H and O–H groups in total. The Morgan fingerprint density at radius 3 is 2.11 bits per heavy atom. The quantitative estimate of drug-likeness (QED) is 0.0398. The van der Waals surface area contributed by atoms with E-state index < -0.39 is 60.4 Å². The Hall–Kier alpha value is -3.26. The van der Waals surface area contributed by atoms with E-state index in [1.54, 1.807) is 6.92 Å². The lowest BCUT2D eigenvalue weighted by atomic mass is 9.97. The van der Waals surface area contributed by atoms with Crippen LogP contribution in [0.2, 0.25) is 0 Å². The lowest BCUT2D eigenvalue weighted by Crippen LogP contribution is -2.56. The molecule has 0 aromatic rings. The number of aldehydes is 1. The molecule has 6 atom stereocenters. The standard InChI is InChI=1S/C24H46N8O6/c1-6-14(4)20(32-21(36)16(25)10-13(2)3)23(38)29-11-19(35)30-17(8-7-9-28-24(26)27)22(37)31-18(12-33)15(5)34/h12-18,20,34H,6-11,25H2,1-5H3,(H,29,38)(H,30,35)(H,31,37)(H,32,36)(H4,26,27,28)/t14-,15+,16-,17-,18+,20-/m0/s1. The summed E-state index contributed by atoms with van der Waals surface area (Å²) in [5.41, 5.74) is 16.5. The highest BCUT2D eigenvalue weighted by Crippen LogP contribution is 2.10. The minimum Gasteiger partial charge on any atom is -0.391 e. The van der Waals surface area contributed by atoms with Crippen molar-refractivity contribution < 1.29 is 29.1 Å². The van der Waals surface area contributed by atoms with E-state index in [1.807, 2.05) is 20.8 Å². The second-order valence-corrected chi connectivity index (χ2v) is 9.81. The van der Waals surface area contributed by atoms with Crippen LogP contribution in [-0.2, 0) is 24.0 Å². The lowest BCUT2D eigenvalue weighted by Gasteiger charge is -2.26. The summed E-state index contributed by atoms with van der Waals surface area (Å²) in [6.45, 7) is 8.59. The monoisotopic (exact) mass is 542 g/mol. The van der Waals surface area contributed by atoms with Crippen molar-refractivity contribution in [3.63, 3.8) is 0 Å². The van der Waals surface area contributed by atoms with Crippen LogP contribution >= 0.6 is 0 Å². The normalized spacial score (nSPS) is 15.7. The zero-order valence-corrected chi connectivity index (χ0v) is 23.0. The Morgan fingerprint density at radius 2 is 1.61 bits per heavy atom. The number of nitrogens with two attached hydrogens (primary N) is 3. The van der Waals surface area contributed by atoms with Gasteiger partial charge in [0.15, 0.2) is 5.96 Å². The van der Waals surface area contributed by atoms with Crippen molar-refractivity contribution in [3.8, 4) is 0 Å². The van der Waals surface area contributed by atoms with Crippen LogP contribution < -0.4 is 38.5 Å². The molecule has 0 saturated heterocycles. The number of nitrogens with one attached hydrogen (secondary N) is 4. The molecule has 0 radical (unpaired) electrons. The molecule has 4 amide bonds. The Labute approximate surface area is 224 Å². The Balaban J connectivity index is 5.28. The molecule has 0 aliphatic rings. The van der Waals surface area contributed by atoms with Gasteiger partial charge in [0.25, 0.3) is 0 Å². The molecule has 14 heteroatoms. The number of amides is 4. The molecule has 0 aromatic carbocycles. The van der Waals surface area contributed by atoms with Crippen LogP contribution in [0.15, 0.2) is 4.99 Å². The van der Waals surface area contributed by atoms with E-state index in [2.05, 4.69) is 26.3 Å². The van der Waals surface area contributed by atoms with E-state index >= 15 is 0 Å². The van der Waals surface area contributed by atoms with Gasteiger partial charge in [-0.05, 0) is 38.0 Å². The van der Waals surface area contributed by atoms with Crippen LogP contribution in [-0.4, -0.2) is 84.3 Å². The number of hydrogen-bond donors (Lipinski definition) is 8. The zero-order chi connectivity index (χ0) is 29.4. The third kappa shape index (κ3) is 13.9. The molecule has 0 saturated carbocycles. The topological polar surface area (TPSA) is 244 Å². The number of rotatable bonds is 18.